The van der Waals surface area contributed by atoms with Gasteiger partial charge in [0.15, 0.2) is 0 Å². The fourth-order valence-electron chi connectivity index (χ4n) is 2.05. The number of esters is 1. The lowest BCUT2D eigenvalue weighted by Gasteiger charge is -2.15. The van der Waals surface area contributed by atoms with E-state index in [1.54, 1.807) is 6.92 Å². The van der Waals surface area contributed by atoms with E-state index < -0.39 is 22.6 Å². The van der Waals surface area contributed by atoms with Gasteiger partial charge in [-0.05, 0) is 13.3 Å². The van der Waals surface area contributed by atoms with Gasteiger partial charge in [0.05, 0.1) is 24.6 Å². The van der Waals surface area contributed by atoms with Crippen LogP contribution in [0.3, 0.4) is 0 Å². The van der Waals surface area contributed by atoms with Crippen LogP contribution in [0.4, 0.5) is 5.69 Å². The second-order valence-corrected chi connectivity index (χ2v) is 4.47. The summed E-state index contributed by atoms with van der Waals surface area (Å²) in [4.78, 5) is 38.2. The van der Waals surface area contributed by atoms with Crippen molar-refractivity contribution < 1.29 is 24.0 Å². The number of carbonyl (C=O) groups excluding carboxylic acids is 2. The largest absolute Gasteiger partial charge is 0.481 e. The molecular weight excluding hydrogens is 292 g/mol. The van der Waals surface area contributed by atoms with Crippen molar-refractivity contribution in [2.75, 3.05) is 13.7 Å². The van der Waals surface area contributed by atoms with Gasteiger partial charge in [-0.2, -0.15) is 0 Å². The van der Waals surface area contributed by atoms with E-state index in [1.807, 2.05) is 6.92 Å². The Hall–Kier alpha value is -2.51. The number of hydrogen-bond acceptors (Lipinski definition) is 7. The molecular formula is C14H18N2O6. The first-order chi connectivity index (χ1) is 10.5. The lowest BCUT2D eigenvalue weighted by atomic mass is 9.90. The van der Waals surface area contributed by atoms with Crippen molar-refractivity contribution in [1.29, 1.82) is 0 Å². The summed E-state index contributed by atoms with van der Waals surface area (Å²) in [5, 5.41) is 11.1. The molecule has 0 N–H and O–H groups in total. The summed E-state index contributed by atoms with van der Waals surface area (Å²) < 4.78 is 9.65. The van der Waals surface area contributed by atoms with E-state index in [4.69, 9.17) is 9.47 Å². The third kappa shape index (κ3) is 4.00. The molecule has 0 aromatic carbocycles. The molecule has 0 aliphatic carbocycles. The third-order valence-electron chi connectivity index (χ3n) is 3.04. The molecule has 1 rings (SSSR count). The number of pyridine rings is 1. The molecule has 1 atom stereocenters. The molecule has 22 heavy (non-hydrogen) atoms. The predicted molar refractivity (Wildman–Crippen MR) is 76.7 cm³/mol. The molecule has 0 bridgehead atoms. The second kappa shape index (κ2) is 8.06. The quantitative estimate of drug-likeness (QED) is 0.312. The number of methoxy groups -OCH3 is 1. The van der Waals surface area contributed by atoms with E-state index in [0.29, 0.717) is 6.42 Å². The Labute approximate surface area is 127 Å². The monoisotopic (exact) mass is 310 g/mol. The highest BCUT2D eigenvalue weighted by Gasteiger charge is 2.33. The van der Waals surface area contributed by atoms with E-state index in [1.165, 1.54) is 13.2 Å². The molecule has 0 fully saturated rings. The molecule has 120 valence electrons. The van der Waals surface area contributed by atoms with Crippen molar-refractivity contribution in [2.24, 2.45) is 0 Å². The van der Waals surface area contributed by atoms with Crippen molar-refractivity contribution in [1.82, 2.24) is 4.98 Å². The van der Waals surface area contributed by atoms with Crippen LogP contribution in [0, 0.1) is 10.1 Å². The van der Waals surface area contributed by atoms with Gasteiger partial charge >= 0.3 is 5.97 Å². The Balaban J connectivity index is 3.32. The summed E-state index contributed by atoms with van der Waals surface area (Å²) in [6.45, 7) is 3.46. The Morgan fingerprint density at radius 3 is 2.59 bits per heavy atom. The summed E-state index contributed by atoms with van der Waals surface area (Å²) in [7, 11) is 1.36. The van der Waals surface area contributed by atoms with E-state index in [0.717, 1.165) is 6.20 Å². The number of hydrogen-bond donors (Lipinski definition) is 0. The van der Waals surface area contributed by atoms with Gasteiger partial charge in [-0.3, -0.25) is 14.9 Å². The first kappa shape index (κ1) is 17.5. The fraction of sp³-hybridized carbons (Fsp3) is 0.500. The highest BCUT2D eigenvalue weighted by Crippen LogP contribution is 2.32. The Morgan fingerprint density at radius 1 is 1.41 bits per heavy atom. The van der Waals surface area contributed by atoms with Gasteiger partial charge in [0.1, 0.15) is 6.20 Å². The van der Waals surface area contributed by atoms with Gasteiger partial charge in [-0.25, -0.2) is 9.78 Å². The maximum atomic E-state index is 12.2. The van der Waals surface area contributed by atoms with Gasteiger partial charge in [-0.15, -0.1) is 0 Å². The van der Waals surface area contributed by atoms with Gasteiger partial charge in [0.2, 0.25) is 11.7 Å². The molecule has 0 saturated carbocycles. The third-order valence-corrected chi connectivity index (χ3v) is 3.04. The van der Waals surface area contributed by atoms with Crippen LogP contribution in [0.15, 0.2) is 12.3 Å². The number of carbonyl (C=O) groups is 2. The van der Waals surface area contributed by atoms with Crippen LogP contribution in [-0.2, 0) is 14.3 Å². The molecule has 0 aliphatic heterocycles. The first-order valence-electron chi connectivity index (χ1n) is 6.85. The van der Waals surface area contributed by atoms with Crippen molar-refractivity contribution >= 4 is 17.4 Å². The molecule has 8 nitrogen and oxygen atoms in total. The Bertz CT molecular complexity index is 572. The lowest BCUT2D eigenvalue weighted by molar-refractivity contribution is -0.386. The second-order valence-electron chi connectivity index (χ2n) is 4.47. The standard InChI is InChI=1S/C14H18N2O6/c1-4-6-9(13(17)14(18)22-5-2)10-7-12(21-3)15-8-11(10)16(19)20/h7-9H,4-6H2,1-3H3. The van der Waals surface area contributed by atoms with E-state index >= 15 is 0 Å². The number of Topliss-reactive ketones (excluding diaryl/α,β-unsaturated/α-hetero) is 1. The average Bonchev–Trinajstić information content (AvgIpc) is 2.51. The average molecular weight is 310 g/mol. The van der Waals surface area contributed by atoms with E-state index in [9.17, 15) is 19.7 Å². The Kier molecular flexibility index (Phi) is 6.43. The van der Waals surface area contributed by atoms with Crippen LogP contribution in [0.1, 0.15) is 38.2 Å². The molecule has 0 spiro atoms. The fourth-order valence-corrected chi connectivity index (χ4v) is 2.05. The summed E-state index contributed by atoms with van der Waals surface area (Å²) in [6, 6.07) is 1.32. The minimum atomic E-state index is -0.994. The van der Waals surface area contributed by atoms with Crippen molar-refractivity contribution in [3.05, 3.63) is 27.9 Å². The Morgan fingerprint density at radius 2 is 2.09 bits per heavy atom. The summed E-state index contributed by atoms with van der Waals surface area (Å²) >= 11 is 0. The van der Waals surface area contributed by atoms with E-state index in [2.05, 4.69) is 4.98 Å². The maximum absolute atomic E-state index is 12.2. The number of nitro groups is 1. The zero-order valence-electron chi connectivity index (χ0n) is 12.7. The van der Waals surface area contributed by atoms with Crippen LogP contribution < -0.4 is 4.74 Å². The van der Waals surface area contributed by atoms with Crippen LogP contribution in [0.25, 0.3) is 0 Å². The van der Waals surface area contributed by atoms with Crippen LogP contribution in [0.5, 0.6) is 5.88 Å². The zero-order valence-corrected chi connectivity index (χ0v) is 12.7. The molecule has 0 aliphatic rings. The van der Waals surface area contributed by atoms with Crippen LogP contribution in [0.2, 0.25) is 0 Å². The number of aromatic nitrogens is 1. The van der Waals surface area contributed by atoms with Crippen LogP contribution >= 0.6 is 0 Å². The number of ether oxygens (including phenoxy) is 2. The number of nitrogens with zero attached hydrogens (tertiary/aromatic N) is 2. The van der Waals surface area contributed by atoms with Gasteiger partial charge in [-0.1, -0.05) is 13.3 Å². The smallest absolute Gasteiger partial charge is 0.375 e. The molecule has 1 aromatic rings. The number of ketones is 1. The topological polar surface area (TPSA) is 109 Å². The molecule has 0 radical (unpaired) electrons. The summed E-state index contributed by atoms with van der Waals surface area (Å²) in [5.41, 5.74) is -0.214. The highest BCUT2D eigenvalue weighted by atomic mass is 16.6. The maximum Gasteiger partial charge on any atom is 0.375 e. The first-order valence-corrected chi connectivity index (χ1v) is 6.85. The van der Waals surface area contributed by atoms with Gasteiger partial charge in [0, 0.05) is 11.6 Å². The van der Waals surface area contributed by atoms with Gasteiger partial charge < -0.3 is 9.47 Å². The molecule has 1 heterocycles. The molecule has 0 saturated heterocycles. The minimum absolute atomic E-state index is 0.0607. The van der Waals surface area contributed by atoms with Crippen molar-refractivity contribution in [3.8, 4) is 5.88 Å². The highest BCUT2D eigenvalue weighted by molar-refractivity contribution is 6.35. The summed E-state index contributed by atoms with van der Waals surface area (Å²) in [6.07, 6.45) is 1.87. The van der Waals surface area contributed by atoms with E-state index in [-0.39, 0.29) is 30.2 Å². The number of rotatable bonds is 8. The molecule has 1 aromatic heterocycles. The normalized spacial score (nSPS) is 11.6. The van der Waals surface area contributed by atoms with Crippen molar-refractivity contribution in [3.63, 3.8) is 0 Å². The van der Waals surface area contributed by atoms with Gasteiger partial charge in [0.25, 0.3) is 5.69 Å². The summed E-state index contributed by atoms with van der Waals surface area (Å²) in [5.74, 6) is -2.62. The lowest BCUT2D eigenvalue weighted by Crippen LogP contribution is -2.25. The van der Waals surface area contributed by atoms with Crippen molar-refractivity contribution in [2.45, 2.75) is 32.6 Å². The molecule has 1 unspecified atom stereocenters. The predicted octanol–water partition coefficient (Wildman–Crippen LogP) is 2.01. The molecule has 0 amide bonds. The zero-order chi connectivity index (χ0) is 16.7. The minimum Gasteiger partial charge on any atom is -0.481 e. The van der Waals surface area contributed by atoms with Crippen LogP contribution in [-0.4, -0.2) is 35.4 Å². The SMILES string of the molecule is CCCC(C(=O)C(=O)OCC)c1cc(OC)ncc1[N+](=O)[O-]. The molecule has 8 heteroatoms.